The van der Waals surface area contributed by atoms with Gasteiger partial charge >= 0.3 is 12.1 Å². The SMILES string of the molecule is C[C@H](NC(=O)OCC1c2ccccc2-c2ccccc21)C(=O)N1NC(=O)CC1C(=O)O. The summed E-state index contributed by atoms with van der Waals surface area (Å²) in [5.74, 6) is -2.75. The fourth-order valence-corrected chi connectivity index (χ4v) is 4.02. The lowest BCUT2D eigenvalue weighted by atomic mass is 9.98. The van der Waals surface area contributed by atoms with Gasteiger partial charge < -0.3 is 15.2 Å². The molecule has 160 valence electrons. The molecule has 4 rings (SSSR count). The number of carboxylic acids is 1. The summed E-state index contributed by atoms with van der Waals surface area (Å²) in [5.41, 5.74) is 6.52. The van der Waals surface area contributed by atoms with Crippen molar-refractivity contribution >= 4 is 23.9 Å². The highest BCUT2D eigenvalue weighted by molar-refractivity contribution is 5.96. The predicted molar refractivity (Wildman–Crippen MR) is 109 cm³/mol. The molecule has 1 saturated heterocycles. The van der Waals surface area contributed by atoms with Crippen molar-refractivity contribution < 1.29 is 29.0 Å². The van der Waals surface area contributed by atoms with E-state index in [4.69, 9.17) is 4.74 Å². The van der Waals surface area contributed by atoms with Crippen molar-refractivity contribution in [2.75, 3.05) is 6.61 Å². The van der Waals surface area contributed by atoms with Gasteiger partial charge in [-0.05, 0) is 29.2 Å². The second-order valence-electron chi connectivity index (χ2n) is 7.49. The van der Waals surface area contributed by atoms with Gasteiger partial charge in [-0.3, -0.25) is 15.0 Å². The first kappa shape index (κ1) is 20.4. The third-order valence-electron chi connectivity index (χ3n) is 5.51. The Morgan fingerprint density at radius 1 is 1.13 bits per heavy atom. The molecule has 0 radical (unpaired) electrons. The number of nitrogens with one attached hydrogen (secondary N) is 2. The molecule has 2 aromatic carbocycles. The van der Waals surface area contributed by atoms with Crippen LogP contribution in [0.4, 0.5) is 4.79 Å². The second-order valence-corrected chi connectivity index (χ2v) is 7.49. The van der Waals surface area contributed by atoms with Gasteiger partial charge in [-0.1, -0.05) is 48.5 Å². The van der Waals surface area contributed by atoms with E-state index in [1.54, 1.807) is 0 Å². The van der Waals surface area contributed by atoms with E-state index in [0.717, 1.165) is 27.3 Å². The summed E-state index contributed by atoms with van der Waals surface area (Å²) in [6.45, 7) is 1.48. The van der Waals surface area contributed by atoms with Crippen LogP contribution in [0.2, 0.25) is 0 Å². The smallest absolute Gasteiger partial charge is 0.407 e. The van der Waals surface area contributed by atoms with Crippen LogP contribution in [-0.2, 0) is 19.1 Å². The molecular formula is C22H21N3O6. The van der Waals surface area contributed by atoms with Crippen LogP contribution in [0.3, 0.4) is 0 Å². The maximum atomic E-state index is 12.5. The second kappa shape index (κ2) is 8.10. The standard InChI is InChI=1S/C22H21N3O6/c1-12(20(27)25-18(21(28)29)10-19(26)24-25)23-22(30)31-11-17-15-8-4-2-6-13(15)14-7-3-5-9-16(14)17/h2-9,12,17-18H,10-11H2,1H3,(H,23,30)(H,24,26)(H,28,29)/t12-,18?/m0/s1. The highest BCUT2D eigenvalue weighted by Crippen LogP contribution is 2.44. The van der Waals surface area contributed by atoms with Crippen LogP contribution in [0.15, 0.2) is 48.5 Å². The van der Waals surface area contributed by atoms with E-state index in [1.807, 2.05) is 48.5 Å². The zero-order valence-corrected chi connectivity index (χ0v) is 16.7. The van der Waals surface area contributed by atoms with Crippen molar-refractivity contribution in [2.24, 2.45) is 0 Å². The Balaban J connectivity index is 1.39. The number of carbonyl (C=O) groups excluding carboxylic acids is 3. The molecule has 1 unspecified atom stereocenters. The number of carbonyl (C=O) groups is 4. The number of nitrogens with zero attached hydrogens (tertiary/aromatic N) is 1. The van der Waals surface area contributed by atoms with E-state index in [-0.39, 0.29) is 18.9 Å². The molecule has 2 aromatic rings. The molecule has 3 amide bonds. The number of ether oxygens (including phenoxy) is 1. The zero-order valence-electron chi connectivity index (χ0n) is 16.7. The summed E-state index contributed by atoms with van der Waals surface area (Å²) >= 11 is 0. The summed E-state index contributed by atoms with van der Waals surface area (Å²) in [5, 5.41) is 12.3. The molecule has 9 heteroatoms. The van der Waals surface area contributed by atoms with Crippen molar-refractivity contribution in [1.82, 2.24) is 15.8 Å². The van der Waals surface area contributed by atoms with Crippen LogP contribution in [0.25, 0.3) is 11.1 Å². The van der Waals surface area contributed by atoms with Gasteiger partial charge in [0, 0.05) is 5.92 Å². The minimum atomic E-state index is -1.31. The summed E-state index contributed by atoms with van der Waals surface area (Å²) in [7, 11) is 0. The monoisotopic (exact) mass is 423 g/mol. The third-order valence-corrected chi connectivity index (χ3v) is 5.51. The van der Waals surface area contributed by atoms with E-state index in [9.17, 15) is 24.3 Å². The maximum Gasteiger partial charge on any atom is 0.407 e. The predicted octanol–water partition coefficient (Wildman–Crippen LogP) is 1.63. The van der Waals surface area contributed by atoms with E-state index in [1.165, 1.54) is 6.92 Å². The van der Waals surface area contributed by atoms with E-state index in [0.29, 0.717) is 0 Å². The number of aliphatic carboxylic acids is 1. The van der Waals surface area contributed by atoms with Crippen molar-refractivity contribution in [3.05, 3.63) is 59.7 Å². The molecule has 1 aliphatic heterocycles. The minimum absolute atomic E-state index is 0.0823. The topological polar surface area (TPSA) is 125 Å². The fraction of sp³-hybridized carbons (Fsp3) is 0.273. The first-order valence-corrected chi connectivity index (χ1v) is 9.83. The Hall–Kier alpha value is -3.88. The van der Waals surface area contributed by atoms with Gasteiger partial charge in [0.1, 0.15) is 12.6 Å². The molecule has 31 heavy (non-hydrogen) atoms. The Bertz CT molecular complexity index is 1020. The molecule has 0 saturated carbocycles. The van der Waals surface area contributed by atoms with Crippen LogP contribution in [-0.4, -0.2) is 52.7 Å². The van der Waals surface area contributed by atoms with E-state index in [2.05, 4.69) is 10.7 Å². The first-order valence-electron chi connectivity index (χ1n) is 9.83. The number of rotatable bonds is 5. The lowest BCUT2D eigenvalue weighted by molar-refractivity contribution is -0.151. The summed E-state index contributed by atoms with van der Waals surface area (Å²) in [4.78, 5) is 47.6. The average Bonchev–Trinajstić information content (AvgIpc) is 3.30. The third kappa shape index (κ3) is 3.81. The lowest BCUT2D eigenvalue weighted by Gasteiger charge is -2.24. The number of alkyl carbamates (subject to hydrolysis) is 1. The zero-order chi connectivity index (χ0) is 22.1. The van der Waals surface area contributed by atoms with Gasteiger partial charge in [0.2, 0.25) is 5.91 Å². The van der Waals surface area contributed by atoms with Gasteiger partial charge in [-0.15, -0.1) is 0 Å². The van der Waals surface area contributed by atoms with Crippen LogP contribution in [0.1, 0.15) is 30.4 Å². The fourth-order valence-electron chi connectivity index (χ4n) is 4.02. The summed E-state index contributed by atoms with van der Waals surface area (Å²) in [6, 6.07) is 13.4. The van der Waals surface area contributed by atoms with Crippen molar-refractivity contribution in [1.29, 1.82) is 0 Å². The number of amides is 3. The molecule has 0 spiro atoms. The van der Waals surface area contributed by atoms with Gasteiger partial charge in [-0.2, -0.15) is 0 Å². The van der Waals surface area contributed by atoms with Crippen molar-refractivity contribution in [2.45, 2.75) is 31.3 Å². The first-order chi connectivity index (χ1) is 14.9. The number of hydrazine groups is 1. The van der Waals surface area contributed by atoms with Crippen LogP contribution < -0.4 is 10.7 Å². The Kier molecular flexibility index (Phi) is 5.33. The van der Waals surface area contributed by atoms with Gasteiger partial charge in [0.15, 0.2) is 6.04 Å². The van der Waals surface area contributed by atoms with Crippen molar-refractivity contribution in [3.63, 3.8) is 0 Å². The highest BCUT2D eigenvalue weighted by Gasteiger charge is 2.41. The molecule has 1 aliphatic carbocycles. The molecule has 1 heterocycles. The van der Waals surface area contributed by atoms with Crippen LogP contribution >= 0.6 is 0 Å². The molecule has 9 nitrogen and oxygen atoms in total. The Morgan fingerprint density at radius 3 is 2.29 bits per heavy atom. The quantitative estimate of drug-likeness (QED) is 0.671. The number of carboxylic acid groups (broad SMARTS) is 1. The minimum Gasteiger partial charge on any atom is -0.480 e. The number of hydrogen-bond acceptors (Lipinski definition) is 5. The lowest BCUT2D eigenvalue weighted by Crippen LogP contribution is -2.54. The molecule has 0 bridgehead atoms. The normalized spacial score (nSPS) is 18.0. The van der Waals surface area contributed by atoms with Gasteiger partial charge in [0.05, 0.1) is 6.42 Å². The van der Waals surface area contributed by atoms with Gasteiger partial charge in [0.25, 0.3) is 5.91 Å². The number of fused-ring (bicyclic) bond motifs is 3. The molecule has 1 fully saturated rings. The maximum absolute atomic E-state index is 12.5. The van der Waals surface area contributed by atoms with Crippen LogP contribution in [0.5, 0.6) is 0 Å². The summed E-state index contributed by atoms with van der Waals surface area (Å²) < 4.78 is 5.39. The number of hydrogen-bond donors (Lipinski definition) is 3. The molecular weight excluding hydrogens is 402 g/mol. The summed E-state index contributed by atoms with van der Waals surface area (Å²) in [6.07, 6.45) is -1.14. The van der Waals surface area contributed by atoms with Crippen LogP contribution in [0, 0.1) is 0 Å². The Labute approximate surface area is 178 Å². The molecule has 2 aliphatic rings. The molecule has 2 atom stereocenters. The molecule has 0 aromatic heterocycles. The van der Waals surface area contributed by atoms with E-state index >= 15 is 0 Å². The Morgan fingerprint density at radius 2 is 1.71 bits per heavy atom. The average molecular weight is 423 g/mol. The number of benzene rings is 2. The molecule has 3 N–H and O–H groups in total. The van der Waals surface area contributed by atoms with E-state index < -0.39 is 36.0 Å². The van der Waals surface area contributed by atoms with Gasteiger partial charge in [-0.25, -0.2) is 14.6 Å². The highest BCUT2D eigenvalue weighted by atomic mass is 16.5. The van der Waals surface area contributed by atoms with Crippen molar-refractivity contribution in [3.8, 4) is 11.1 Å². The largest absolute Gasteiger partial charge is 0.480 e.